The van der Waals surface area contributed by atoms with E-state index in [1.54, 1.807) is 28.6 Å². The molecule has 5 N–H and O–H groups in total. The second kappa shape index (κ2) is 18.5. The summed E-state index contributed by atoms with van der Waals surface area (Å²) in [5, 5.41) is 9.80. The predicted molar refractivity (Wildman–Crippen MR) is 256 cm³/mol. The molecule has 2 aromatic carbocycles. The number of likely N-dealkylation sites (tertiary alicyclic amines) is 1. The molecule has 4 aliphatic rings. The van der Waals surface area contributed by atoms with E-state index in [1.807, 2.05) is 54.9 Å². The number of rotatable bonds is 15. The molecule has 3 fully saturated rings. The minimum atomic E-state index is -2.09. The molecule has 5 atom stereocenters. The predicted octanol–water partition coefficient (Wildman–Crippen LogP) is 8.98. The van der Waals surface area contributed by atoms with E-state index in [1.165, 1.54) is 27.0 Å². The van der Waals surface area contributed by atoms with E-state index in [2.05, 4.69) is 40.6 Å². The SMILES string of the molecule is COC(=O)NC(C(=O)N[C@@H](CC1CC1)c1ncc(-c2ccc3c(c2)cc2n3C(c3cnc(C4CC4)s3)Oc3cc(-c4cnc([C@@H]5CCCN5C(=O)[C@@H](NC(=O)OC)C(C)C)[nH]4)cc(F)c3-2)[nH]1)C(C)(C)F. The number of hydrogen-bond donors (Lipinski definition) is 5. The van der Waals surface area contributed by atoms with Gasteiger partial charge in [-0.15, -0.1) is 11.3 Å². The molecule has 1 saturated heterocycles. The van der Waals surface area contributed by atoms with Gasteiger partial charge in [0.15, 0.2) is 0 Å². The van der Waals surface area contributed by atoms with Gasteiger partial charge in [-0.25, -0.2) is 33.3 Å². The molecule has 17 nitrogen and oxygen atoms in total. The van der Waals surface area contributed by atoms with Crippen molar-refractivity contribution in [3.8, 4) is 39.5 Å². The third kappa shape index (κ3) is 9.20. The molecule has 0 bridgehead atoms. The van der Waals surface area contributed by atoms with Crippen LogP contribution in [0.1, 0.15) is 118 Å². The third-order valence-corrected chi connectivity index (χ3v) is 14.9. The minimum absolute atomic E-state index is 0.187. The van der Waals surface area contributed by atoms with Gasteiger partial charge in [0.2, 0.25) is 18.0 Å². The van der Waals surface area contributed by atoms with Gasteiger partial charge in [0.05, 0.1) is 76.7 Å². The van der Waals surface area contributed by atoms with Crippen molar-refractivity contribution < 1.29 is 42.2 Å². The van der Waals surface area contributed by atoms with Gasteiger partial charge < -0.3 is 45.0 Å². The second-order valence-corrected chi connectivity index (χ2v) is 20.7. The van der Waals surface area contributed by atoms with Crippen LogP contribution in [0.2, 0.25) is 0 Å². The number of fused-ring (bicyclic) bond motifs is 5. The molecule has 4 amide bonds. The number of thiazole rings is 1. The summed E-state index contributed by atoms with van der Waals surface area (Å²) in [5.41, 5.74) is 2.18. The van der Waals surface area contributed by atoms with Crippen LogP contribution in [0, 0.1) is 17.7 Å². The topological polar surface area (TPSA) is 210 Å². The molecular weight excluding hydrogens is 923 g/mol. The van der Waals surface area contributed by atoms with Crippen molar-refractivity contribution >= 4 is 46.2 Å². The lowest BCUT2D eigenvalue weighted by molar-refractivity contribution is -0.135. The van der Waals surface area contributed by atoms with E-state index in [-0.39, 0.29) is 17.9 Å². The molecule has 0 spiro atoms. The first-order chi connectivity index (χ1) is 33.6. The smallest absolute Gasteiger partial charge is 0.407 e. The third-order valence-electron chi connectivity index (χ3n) is 13.7. The summed E-state index contributed by atoms with van der Waals surface area (Å²) in [6, 6.07) is 7.90. The van der Waals surface area contributed by atoms with Gasteiger partial charge in [0.25, 0.3) is 0 Å². The normalized spacial score (nSPS) is 19.0. The number of imidazole rings is 2. The summed E-state index contributed by atoms with van der Waals surface area (Å²) < 4.78 is 50.5. The number of halogens is 2. The maximum absolute atomic E-state index is 16.9. The monoisotopic (exact) mass is 978 g/mol. The van der Waals surface area contributed by atoms with E-state index in [4.69, 9.17) is 14.5 Å². The molecule has 6 heterocycles. The number of hydrogen-bond acceptors (Lipinski definition) is 11. The van der Waals surface area contributed by atoms with Crippen LogP contribution < -0.4 is 20.7 Å². The number of nitrogens with one attached hydrogen (secondary N) is 5. The van der Waals surface area contributed by atoms with Crippen molar-refractivity contribution in [2.45, 2.75) is 115 Å². The maximum atomic E-state index is 16.9. The van der Waals surface area contributed by atoms with Gasteiger partial charge in [0.1, 0.15) is 41.0 Å². The van der Waals surface area contributed by atoms with Crippen molar-refractivity contribution in [1.82, 2.24) is 50.3 Å². The molecule has 2 saturated carbocycles. The van der Waals surface area contributed by atoms with Crippen LogP contribution >= 0.6 is 11.3 Å². The molecule has 10 rings (SSSR count). The van der Waals surface area contributed by atoms with Crippen molar-refractivity contribution in [2.24, 2.45) is 11.8 Å². The first kappa shape index (κ1) is 46.9. The summed E-state index contributed by atoms with van der Waals surface area (Å²) in [6.45, 7) is 6.66. The molecule has 0 radical (unpaired) electrons. The Kier molecular flexibility index (Phi) is 12.4. The highest BCUT2D eigenvalue weighted by atomic mass is 32.1. The summed E-state index contributed by atoms with van der Waals surface area (Å²) >= 11 is 1.60. The number of alkyl carbamates (subject to hydrolysis) is 2. The number of ether oxygens (including phenoxy) is 3. The Hall–Kier alpha value is -6.83. The summed E-state index contributed by atoms with van der Waals surface area (Å²) in [4.78, 5) is 75.1. The van der Waals surface area contributed by atoms with Crippen LogP contribution in [0.15, 0.2) is 55.0 Å². The Balaban J connectivity index is 0.963. The molecule has 368 valence electrons. The van der Waals surface area contributed by atoms with E-state index in [0.29, 0.717) is 76.8 Å². The first-order valence-electron chi connectivity index (χ1n) is 23.8. The number of amides is 4. The van der Waals surface area contributed by atoms with Crippen LogP contribution in [-0.4, -0.2) is 96.9 Å². The van der Waals surface area contributed by atoms with Crippen LogP contribution in [0.5, 0.6) is 5.75 Å². The van der Waals surface area contributed by atoms with Gasteiger partial charge in [-0.2, -0.15) is 0 Å². The molecule has 70 heavy (non-hydrogen) atoms. The Morgan fingerprint density at radius 3 is 2.36 bits per heavy atom. The Labute approximate surface area is 406 Å². The van der Waals surface area contributed by atoms with Gasteiger partial charge in [-0.05, 0) is 88.1 Å². The summed E-state index contributed by atoms with van der Waals surface area (Å²) in [5.74, 6) is 0.569. The molecule has 2 aliphatic carbocycles. The number of aromatic nitrogens is 6. The van der Waals surface area contributed by atoms with E-state index >= 15 is 8.78 Å². The fourth-order valence-electron chi connectivity index (χ4n) is 9.63. The average molecular weight is 979 g/mol. The van der Waals surface area contributed by atoms with Crippen molar-refractivity contribution in [3.05, 3.63) is 82.3 Å². The highest BCUT2D eigenvalue weighted by Crippen LogP contribution is 2.50. The number of benzene rings is 2. The minimum Gasteiger partial charge on any atom is -0.464 e. The fraction of sp³-hybridized carbons (Fsp3) is 0.460. The van der Waals surface area contributed by atoms with Crippen LogP contribution in [0.4, 0.5) is 18.4 Å². The number of H-pyrrole nitrogens is 2. The van der Waals surface area contributed by atoms with Gasteiger partial charge in [-0.1, -0.05) is 32.8 Å². The Morgan fingerprint density at radius 2 is 1.64 bits per heavy atom. The van der Waals surface area contributed by atoms with E-state index < -0.39 is 53.9 Å². The molecule has 2 unspecified atom stereocenters. The highest BCUT2D eigenvalue weighted by Gasteiger charge is 2.41. The van der Waals surface area contributed by atoms with Crippen LogP contribution in [-0.2, 0) is 19.1 Å². The fourth-order valence-corrected chi connectivity index (χ4v) is 10.7. The second-order valence-electron chi connectivity index (χ2n) is 19.6. The molecule has 6 aromatic rings. The van der Waals surface area contributed by atoms with E-state index in [9.17, 15) is 19.2 Å². The number of alkyl halides is 1. The maximum Gasteiger partial charge on any atom is 0.407 e. The number of methoxy groups -OCH3 is 2. The number of carbonyl (C=O) groups excluding carboxylic acids is 4. The standard InChI is InChI=1S/C50H56F2N10O7S/c1-24(2)40(59-48(65)67-5)46(64)61-15-7-8-35(61)43-54-22-33(57-43)28-18-30(51)39-36-19-29-17-27(13-14-34(29)62(36)47(69-37(39)20-28)38-23-55-45(70-38)26-11-12-26)32-21-53-42(56-32)31(16-25-9-10-25)58-44(63)41(50(3,4)52)60-49(66)68-6/h13-14,17-26,31,35,40-41,47H,7-12,15-16H2,1-6H3,(H,53,56)(H,54,57)(H,58,63)(H,59,65)(H,60,66)/t31-,35-,40-,41?,47?/m0/s1. The quantitative estimate of drug-likeness (QED) is 0.0659. The lowest BCUT2D eigenvalue weighted by Gasteiger charge is -2.30. The van der Waals surface area contributed by atoms with Gasteiger partial charge in [0, 0.05) is 35.2 Å². The van der Waals surface area contributed by atoms with Crippen LogP contribution in [0.25, 0.3) is 44.7 Å². The zero-order chi connectivity index (χ0) is 49.2. The molecule has 4 aromatic heterocycles. The summed E-state index contributed by atoms with van der Waals surface area (Å²) in [6.07, 6.45) is 9.08. The number of carbonyl (C=O) groups is 4. The van der Waals surface area contributed by atoms with Gasteiger partial charge >= 0.3 is 12.2 Å². The largest absolute Gasteiger partial charge is 0.464 e. The van der Waals surface area contributed by atoms with E-state index in [0.717, 1.165) is 65.6 Å². The average Bonchev–Trinajstić information content (AvgIpc) is 3.90. The lowest BCUT2D eigenvalue weighted by Crippen LogP contribution is -2.56. The Morgan fingerprint density at radius 1 is 0.900 bits per heavy atom. The van der Waals surface area contributed by atoms with Gasteiger partial charge in [-0.3, -0.25) is 14.2 Å². The number of nitrogens with zero attached hydrogens (tertiary/aromatic N) is 5. The molecule has 2 aliphatic heterocycles. The molecule has 20 heteroatoms. The van der Waals surface area contributed by atoms with Crippen molar-refractivity contribution in [3.63, 3.8) is 0 Å². The van der Waals surface area contributed by atoms with Crippen LogP contribution in [0.3, 0.4) is 0 Å². The highest BCUT2D eigenvalue weighted by molar-refractivity contribution is 7.11. The number of aromatic amines is 2. The molecular formula is C50H56F2N10O7S. The Bertz CT molecular complexity index is 2980. The zero-order valence-corrected chi connectivity index (χ0v) is 40.5. The van der Waals surface area contributed by atoms with Crippen molar-refractivity contribution in [1.29, 1.82) is 0 Å². The first-order valence-corrected chi connectivity index (χ1v) is 24.6. The summed E-state index contributed by atoms with van der Waals surface area (Å²) in [7, 11) is 2.41. The van der Waals surface area contributed by atoms with Crippen molar-refractivity contribution in [2.75, 3.05) is 20.8 Å². The lowest BCUT2D eigenvalue weighted by atomic mass is 9.99. The zero-order valence-electron chi connectivity index (χ0n) is 39.7.